The Morgan fingerprint density at radius 2 is 2.00 bits per heavy atom. The first-order valence-corrected chi connectivity index (χ1v) is 6.42. The first-order valence-electron chi connectivity index (χ1n) is 6.42. The molecule has 17 heavy (non-hydrogen) atoms. The van der Waals surface area contributed by atoms with Gasteiger partial charge in [0.1, 0.15) is 6.10 Å². The van der Waals surface area contributed by atoms with Gasteiger partial charge in [0, 0.05) is 6.61 Å². The normalized spacial score (nSPS) is 26.8. The molecule has 2 unspecified atom stereocenters. The predicted octanol–water partition coefficient (Wildman–Crippen LogP) is 3.30. The summed E-state index contributed by atoms with van der Waals surface area (Å²) in [7, 11) is 0. The van der Waals surface area contributed by atoms with E-state index < -0.39 is 11.7 Å². The number of hydrogen-bond acceptors (Lipinski definition) is 2. The summed E-state index contributed by atoms with van der Waals surface area (Å²) >= 11 is 0. The van der Waals surface area contributed by atoms with Gasteiger partial charge in [-0.3, -0.25) is 0 Å². The summed E-state index contributed by atoms with van der Waals surface area (Å²) in [6.07, 6.45) is 2.65. The third kappa shape index (κ3) is 2.53. The van der Waals surface area contributed by atoms with Crippen molar-refractivity contribution < 1.29 is 9.84 Å². The van der Waals surface area contributed by atoms with Crippen LogP contribution in [0.2, 0.25) is 0 Å². The van der Waals surface area contributed by atoms with Gasteiger partial charge in [-0.25, -0.2) is 0 Å². The van der Waals surface area contributed by atoms with Crippen molar-refractivity contribution in [1.29, 1.82) is 0 Å². The molecule has 1 aromatic carbocycles. The maximum Gasteiger partial charge on any atom is 0.108 e. The summed E-state index contributed by atoms with van der Waals surface area (Å²) < 4.78 is 5.80. The van der Waals surface area contributed by atoms with E-state index in [1.54, 1.807) is 0 Å². The third-order valence-corrected chi connectivity index (χ3v) is 3.92. The highest BCUT2D eigenvalue weighted by atomic mass is 16.5. The van der Waals surface area contributed by atoms with Gasteiger partial charge >= 0.3 is 0 Å². The Labute approximate surface area is 104 Å². The van der Waals surface area contributed by atoms with Crippen LogP contribution in [0.1, 0.15) is 49.0 Å². The molecule has 2 rings (SSSR count). The topological polar surface area (TPSA) is 29.5 Å². The second kappa shape index (κ2) is 4.79. The zero-order chi connectivity index (χ0) is 12.5. The Hall–Kier alpha value is -0.860. The minimum Gasteiger partial charge on any atom is -0.385 e. The van der Waals surface area contributed by atoms with E-state index in [0.717, 1.165) is 31.4 Å². The van der Waals surface area contributed by atoms with Crippen LogP contribution in [0, 0.1) is 13.8 Å². The van der Waals surface area contributed by atoms with E-state index in [0.29, 0.717) is 0 Å². The maximum absolute atomic E-state index is 10.5. The lowest BCUT2D eigenvalue weighted by Gasteiger charge is -2.38. The number of aliphatic hydroxyl groups is 1. The van der Waals surface area contributed by atoms with Crippen molar-refractivity contribution in [3.8, 4) is 0 Å². The SMILES string of the molecule is Cc1ccc(C(O)C2(C)CCCCO2)cc1C. The van der Waals surface area contributed by atoms with Gasteiger partial charge in [0.25, 0.3) is 0 Å². The third-order valence-electron chi connectivity index (χ3n) is 3.92. The van der Waals surface area contributed by atoms with Crippen LogP contribution in [0.25, 0.3) is 0 Å². The molecule has 2 nitrogen and oxygen atoms in total. The minimum absolute atomic E-state index is 0.417. The molecule has 1 N–H and O–H groups in total. The van der Waals surface area contributed by atoms with Crippen molar-refractivity contribution >= 4 is 0 Å². The lowest BCUT2D eigenvalue weighted by molar-refractivity contribution is -0.138. The Balaban J connectivity index is 2.23. The summed E-state index contributed by atoms with van der Waals surface area (Å²) in [5.74, 6) is 0. The van der Waals surface area contributed by atoms with E-state index >= 15 is 0 Å². The summed E-state index contributed by atoms with van der Waals surface area (Å²) in [5, 5.41) is 10.5. The van der Waals surface area contributed by atoms with E-state index in [1.165, 1.54) is 11.1 Å². The van der Waals surface area contributed by atoms with E-state index in [2.05, 4.69) is 26.0 Å². The van der Waals surface area contributed by atoms with Crippen LogP contribution in [0.4, 0.5) is 0 Å². The molecule has 0 saturated carbocycles. The quantitative estimate of drug-likeness (QED) is 0.850. The van der Waals surface area contributed by atoms with Crippen molar-refractivity contribution in [2.45, 2.75) is 51.7 Å². The number of benzene rings is 1. The van der Waals surface area contributed by atoms with Gasteiger partial charge in [0.05, 0.1) is 5.60 Å². The molecule has 0 radical (unpaired) electrons. The van der Waals surface area contributed by atoms with Crippen molar-refractivity contribution in [1.82, 2.24) is 0 Å². The van der Waals surface area contributed by atoms with Crippen molar-refractivity contribution in [3.05, 3.63) is 34.9 Å². The molecule has 1 aliphatic rings. The zero-order valence-corrected chi connectivity index (χ0v) is 11.0. The van der Waals surface area contributed by atoms with E-state index in [9.17, 15) is 5.11 Å². The molecule has 0 aromatic heterocycles. The molecule has 1 aliphatic heterocycles. The van der Waals surface area contributed by atoms with Crippen LogP contribution >= 0.6 is 0 Å². The summed E-state index contributed by atoms with van der Waals surface area (Å²) in [4.78, 5) is 0. The number of rotatable bonds is 2. The highest BCUT2D eigenvalue weighted by molar-refractivity contribution is 5.32. The van der Waals surface area contributed by atoms with Crippen LogP contribution < -0.4 is 0 Å². The van der Waals surface area contributed by atoms with Crippen LogP contribution in [0.3, 0.4) is 0 Å². The molecule has 0 bridgehead atoms. The predicted molar refractivity (Wildman–Crippen MR) is 69.1 cm³/mol. The van der Waals surface area contributed by atoms with Gasteiger partial charge in [-0.2, -0.15) is 0 Å². The van der Waals surface area contributed by atoms with E-state index in [4.69, 9.17) is 4.74 Å². The fourth-order valence-corrected chi connectivity index (χ4v) is 2.46. The monoisotopic (exact) mass is 234 g/mol. The molecule has 0 spiro atoms. The van der Waals surface area contributed by atoms with Crippen molar-refractivity contribution in [2.24, 2.45) is 0 Å². The number of ether oxygens (including phenoxy) is 1. The molecule has 2 heteroatoms. The van der Waals surface area contributed by atoms with Crippen LogP contribution in [0.15, 0.2) is 18.2 Å². The molecule has 1 aromatic rings. The second-order valence-electron chi connectivity index (χ2n) is 5.36. The van der Waals surface area contributed by atoms with Gasteiger partial charge < -0.3 is 9.84 Å². The molecule has 94 valence electrons. The Morgan fingerprint density at radius 1 is 1.24 bits per heavy atom. The number of hydrogen-bond donors (Lipinski definition) is 1. The first kappa shape index (κ1) is 12.6. The fraction of sp³-hybridized carbons (Fsp3) is 0.600. The second-order valence-corrected chi connectivity index (χ2v) is 5.36. The largest absolute Gasteiger partial charge is 0.385 e. The van der Waals surface area contributed by atoms with Gasteiger partial charge in [-0.1, -0.05) is 18.2 Å². The van der Waals surface area contributed by atoms with E-state index in [1.807, 2.05) is 13.0 Å². The highest BCUT2D eigenvalue weighted by Crippen LogP contribution is 2.36. The fourth-order valence-electron chi connectivity index (χ4n) is 2.46. The molecular weight excluding hydrogens is 212 g/mol. The Kier molecular flexibility index (Phi) is 3.55. The van der Waals surface area contributed by atoms with Gasteiger partial charge in [-0.15, -0.1) is 0 Å². The average Bonchev–Trinajstić information content (AvgIpc) is 2.33. The first-order chi connectivity index (χ1) is 8.03. The van der Waals surface area contributed by atoms with E-state index in [-0.39, 0.29) is 0 Å². The number of aryl methyl sites for hydroxylation is 2. The zero-order valence-electron chi connectivity index (χ0n) is 11.0. The lowest BCUT2D eigenvalue weighted by Crippen LogP contribution is -2.39. The Bertz CT molecular complexity index is 392. The van der Waals surface area contributed by atoms with Crippen LogP contribution in [-0.2, 0) is 4.74 Å². The summed E-state index contributed by atoms with van der Waals surface area (Å²) in [5.41, 5.74) is 3.04. The Morgan fingerprint density at radius 3 is 2.59 bits per heavy atom. The van der Waals surface area contributed by atoms with Gasteiger partial charge in [0.15, 0.2) is 0 Å². The molecule has 0 amide bonds. The maximum atomic E-state index is 10.5. The minimum atomic E-state index is -0.526. The molecular formula is C15H22O2. The van der Waals surface area contributed by atoms with Gasteiger partial charge in [0.2, 0.25) is 0 Å². The molecule has 2 atom stereocenters. The average molecular weight is 234 g/mol. The molecule has 1 fully saturated rings. The molecule has 1 heterocycles. The van der Waals surface area contributed by atoms with Gasteiger partial charge in [-0.05, 0) is 56.7 Å². The van der Waals surface area contributed by atoms with Crippen molar-refractivity contribution in [3.63, 3.8) is 0 Å². The molecule has 1 saturated heterocycles. The number of aliphatic hydroxyl groups excluding tert-OH is 1. The summed E-state index contributed by atoms with van der Waals surface area (Å²) in [6.45, 7) is 6.95. The summed E-state index contributed by atoms with van der Waals surface area (Å²) in [6, 6.07) is 6.15. The highest BCUT2D eigenvalue weighted by Gasteiger charge is 2.36. The lowest BCUT2D eigenvalue weighted by atomic mass is 9.85. The van der Waals surface area contributed by atoms with Crippen molar-refractivity contribution in [2.75, 3.05) is 6.61 Å². The standard InChI is InChI=1S/C15H22O2/c1-11-6-7-13(10-12(11)2)14(16)15(3)8-4-5-9-17-15/h6-7,10,14,16H,4-5,8-9H2,1-3H3. The smallest absolute Gasteiger partial charge is 0.108 e. The van der Waals surface area contributed by atoms with Crippen LogP contribution in [-0.4, -0.2) is 17.3 Å². The molecule has 0 aliphatic carbocycles. The van der Waals surface area contributed by atoms with Crippen LogP contribution in [0.5, 0.6) is 0 Å².